The molecule has 2 aromatic carbocycles. The van der Waals surface area contributed by atoms with E-state index in [1.54, 1.807) is 27.2 Å². The van der Waals surface area contributed by atoms with Crippen LogP contribution in [0.2, 0.25) is 0 Å². The first-order valence-electron chi connectivity index (χ1n) is 7.61. The lowest BCUT2D eigenvalue weighted by Crippen LogP contribution is -2.17. The number of Topliss-reactive ketones (excluding diaryl/α,β-unsaturated/α-hetero) is 1. The van der Waals surface area contributed by atoms with Crippen molar-refractivity contribution in [2.75, 3.05) is 14.2 Å². The predicted molar refractivity (Wildman–Crippen MR) is 94.8 cm³/mol. The van der Waals surface area contributed by atoms with Crippen molar-refractivity contribution in [1.29, 1.82) is 0 Å². The third-order valence-corrected chi connectivity index (χ3v) is 5.24. The lowest BCUT2D eigenvalue weighted by molar-refractivity contribution is -0.123. The Morgan fingerprint density at radius 2 is 1.54 bits per heavy atom. The zero-order chi connectivity index (χ0) is 17.3. The Balaban J connectivity index is 2.12. The van der Waals surface area contributed by atoms with Gasteiger partial charge in [0.1, 0.15) is 17.4 Å². The topological polar surface area (TPSA) is 52.6 Å². The van der Waals surface area contributed by atoms with E-state index in [-0.39, 0.29) is 16.1 Å². The SMILES string of the molecule is COc1ccc(-c2ccc(OC)cc2C2C(=O)SC(C)C2=O)cc1. The van der Waals surface area contributed by atoms with Gasteiger partial charge in [0, 0.05) is 0 Å². The summed E-state index contributed by atoms with van der Waals surface area (Å²) < 4.78 is 10.5. The summed E-state index contributed by atoms with van der Waals surface area (Å²) in [4.78, 5) is 24.9. The number of ketones is 1. The molecule has 0 saturated carbocycles. The van der Waals surface area contributed by atoms with Crippen molar-refractivity contribution in [3.63, 3.8) is 0 Å². The summed E-state index contributed by atoms with van der Waals surface area (Å²) in [5, 5.41) is -0.409. The maximum absolute atomic E-state index is 12.5. The van der Waals surface area contributed by atoms with E-state index in [1.807, 2.05) is 36.4 Å². The van der Waals surface area contributed by atoms with Gasteiger partial charge in [0.05, 0.1) is 19.5 Å². The molecule has 0 spiro atoms. The molecule has 1 fully saturated rings. The normalized spacial score (nSPS) is 20.3. The van der Waals surface area contributed by atoms with E-state index in [0.29, 0.717) is 11.3 Å². The number of ether oxygens (including phenoxy) is 2. The molecule has 0 bridgehead atoms. The quantitative estimate of drug-likeness (QED) is 0.793. The third-order valence-electron chi connectivity index (χ3n) is 4.18. The molecule has 24 heavy (non-hydrogen) atoms. The summed E-state index contributed by atoms with van der Waals surface area (Å²) in [6.45, 7) is 1.78. The molecule has 5 heteroatoms. The van der Waals surface area contributed by atoms with Crippen molar-refractivity contribution in [2.45, 2.75) is 18.1 Å². The molecule has 2 atom stereocenters. The fourth-order valence-corrected chi connectivity index (χ4v) is 3.85. The minimum atomic E-state index is -0.739. The number of hydrogen-bond acceptors (Lipinski definition) is 5. The van der Waals surface area contributed by atoms with Gasteiger partial charge in [-0.15, -0.1) is 0 Å². The molecule has 2 aromatic rings. The Morgan fingerprint density at radius 3 is 2.08 bits per heavy atom. The highest BCUT2D eigenvalue weighted by molar-refractivity contribution is 8.15. The summed E-state index contributed by atoms with van der Waals surface area (Å²) >= 11 is 1.11. The molecule has 0 aliphatic carbocycles. The van der Waals surface area contributed by atoms with Gasteiger partial charge in [0.15, 0.2) is 5.78 Å². The lowest BCUT2D eigenvalue weighted by atomic mass is 9.87. The first-order chi connectivity index (χ1) is 11.5. The predicted octanol–water partition coefficient (Wildman–Crippen LogP) is 3.69. The molecule has 1 heterocycles. The Kier molecular flexibility index (Phi) is 4.62. The summed E-state index contributed by atoms with van der Waals surface area (Å²) in [6.07, 6.45) is 0. The lowest BCUT2D eigenvalue weighted by Gasteiger charge is -2.15. The molecular formula is C19H18O4S. The van der Waals surface area contributed by atoms with Crippen LogP contribution in [0.15, 0.2) is 42.5 Å². The first-order valence-corrected chi connectivity index (χ1v) is 8.49. The number of rotatable bonds is 4. The van der Waals surface area contributed by atoms with Gasteiger partial charge in [0.2, 0.25) is 5.12 Å². The van der Waals surface area contributed by atoms with Gasteiger partial charge in [-0.3, -0.25) is 9.59 Å². The van der Waals surface area contributed by atoms with Crippen molar-refractivity contribution in [3.05, 3.63) is 48.0 Å². The monoisotopic (exact) mass is 342 g/mol. The van der Waals surface area contributed by atoms with Gasteiger partial charge in [0.25, 0.3) is 0 Å². The van der Waals surface area contributed by atoms with Crippen LogP contribution in [-0.4, -0.2) is 30.4 Å². The summed E-state index contributed by atoms with van der Waals surface area (Å²) in [5.41, 5.74) is 2.49. The van der Waals surface area contributed by atoms with E-state index in [2.05, 4.69) is 0 Å². The number of methoxy groups -OCH3 is 2. The summed E-state index contributed by atoms with van der Waals surface area (Å²) in [6, 6.07) is 13.1. The molecule has 2 unspecified atom stereocenters. The summed E-state index contributed by atoms with van der Waals surface area (Å²) in [7, 11) is 3.18. The van der Waals surface area contributed by atoms with Gasteiger partial charge in [-0.05, 0) is 47.9 Å². The van der Waals surface area contributed by atoms with E-state index >= 15 is 0 Å². The molecule has 0 amide bonds. The fraction of sp³-hybridized carbons (Fsp3) is 0.263. The van der Waals surface area contributed by atoms with E-state index in [0.717, 1.165) is 28.6 Å². The van der Waals surface area contributed by atoms with Crippen LogP contribution in [-0.2, 0) is 9.59 Å². The Morgan fingerprint density at radius 1 is 0.917 bits per heavy atom. The molecule has 0 radical (unpaired) electrons. The maximum Gasteiger partial charge on any atom is 0.204 e. The number of thioether (sulfide) groups is 1. The number of benzene rings is 2. The van der Waals surface area contributed by atoms with Crippen molar-refractivity contribution >= 4 is 22.7 Å². The van der Waals surface area contributed by atoms with E-state index in [1.165, 1.54) is 0 Å². The van der Waals surface area contributed by atoms with Crippen LogP contribution in [0.3, 0.4) is 0 Å². The highest BCUT2D eigenvalue weighted by atomic mass is 32.2. The van der Waals surface area contributed by atoms with Gasteiger partial charge in [-0.25, -0.2) is 0 Å². The van der Waals surface area contributed by atoms with Crippen LogP contribution in [0.5, 0.6) is 11.5 Å². The van der Waals surface area contributed by atoms with Crippen molar-refractivity contribution in [3.8, 4) is 22.6 Å². The molecule has 3 rings (SSSR count). The van der Waals surface area contributed by atoms with Gasteiger partial charge in [-0.2, -0.15) is 0 Å². The molecular weight excluding hydrogens is 324 g/mol. The summed E-state index contributed by atoms with van der Waals surface area (Å²) in [5.74, 6) is 0.601. The molecule has 0 aromatic heterocycles. The van der Waals surface area contributed by atoms with Gasteiger partial charge in [-0.1, -0.05) is 30.0 Å². The van der Waals surface area contributed by atoms with Gasteiger partial charge >= 0.3 is 0 Å². The van der Waals surface area contributed by atoms with Crippen LogP contribution < -0.4 is 9.47 Å². The molecule has 124 valence electrons. The van der Waals surface area contributed by atoms with Crippen LogP contribution in [0.1, 0.15) is 18.4 Å². The number of carbonyl (C=O) groups is 2. The maximum atomic E-state index is 12.5. The fourth-order valence-electron chi connectivity index (χ4n) is 2.87. The van der Waals surface area contributed by atoms with Crippen LogP contribution in [0.4, 0.5) is 0 Å². The minimum Gasteiger partial charge on any atom is -0.497 e. The first kappa shape index (κ1) is 16.6. The Labute approximate surface area is 145 Å². The smallest absolute Gasteiger partial charge is 0.204 e. The van der Waals surface area contributed by atoms with E-state index < -0.39 is 5.92 Å². The minimum absolute atomic E-state index is 0.0481. The Bertz CT molecular complexity index is 782. The average molecular weight is 342 g/mol. The third kappa shape index (κ3) is 2.91. The van der Waals surface area contributed by atoms with Crippen molar-refractivity contribution in [2.24, 2.45) is 0 Å². The molecule has 1 saturated heterocycles. The Hall–Kier alpha value is -2.27. The van der Waals surface area contributed by atoms with Crippen molar-refractivity contribution < 1.29 is 19.1 Å². The van der Waals surface area contributed by atoms with Crippen molar-refractivity contribution in [1.82, 2.24) is 0 Å². The zero-order valence-corrected chi connectivity index (χ0v) is 14.6. The average Bonchev–Trinajstić information content (AvgIpc) is 2.86. The van der Waals surface area contributed by atoms with E-state index in [9.17, 15) is 9.59 Å². The van der Waals surface area contributed by atoms with Crippen LogP contribution in [0, 0.1) is 0 Å². The standard InChI is InChI=1S/C19H18O4S/c1-11-18(20)17(19(21)24-11)16-10-14(23-3)8-9-15(16)12-4-6-13(22-2)7-5-12/h4-11,17H,1-3H3. The van der Waals surface area contributed by atoms with Crippen LogP contribution >= 0.6 is 11.8 Å². The second kappa shape index (κ2) is 6.69. The van der Waals surface area contributed by atoms with E-state index in [4.69, 9.17) is 9.47 Å². The number of hydrogen-bond donors (Lipinski definition) is 0. The van der Waals surface area contributed by atoms with Crippen LogP contribution in [0.25, 0.3) is 11.1 Å². The highest BCUT2D eigenvalue weighted by Crippen LogP contribution is 2.41. The molecule has 0 N–H and O–H groups in total. The zero-order valence-electron chi connectivity index (χ0n) is 13.7. The van der Waals surface area contributed by atoms with Gasteiger partial charge < -0.3 is 9.47 Å². The number of carbonyl (C=O) groups excluding carboxylic acids is 2. The molecule has 1 aliphatic heterocycles. The second-order valence-electron chi connectivity index (χ2n) is 5.60. The highest BCUT2D eigenvalue weighted by Gasteiger charge is 2.41. The second-order valence-corrected chi connectivity index (χ2v) is 6.94. The largest absolute Gasteiger partial charge is 0.497 e. The molecule has 4 nitrogen and oxygen atoms in total. The molecule has 1 aliphatic rings.